The van der Waals surface area contributed by atoms with E-state index < -0.39 is 0 Å². The van der Waals surface area contributed by atoms with Gasteiger partial charge in [0.15, 0.2) is 5.96 Å². The van der Waals surface area contributed by atoms with Crippen molar-refractivity contribution in [2.75, 3.05) is 38.2 Å². The highest BCUT2D eigenvalue weighted by atomic mass is 16.5. The first kappa shape index (κ1) is 19.6. The third-order valence-electron chi connectivity index (χ3n) is 6.02. The number of hydrogen-bond acceptors (Lipinski definition) is 3. The second-order valence-electron chi connectivity index (χ2n) is 7.98. The summed E-state index contributed by atoms with van der Waals surface area (Å²) in [6.07, 6.45) is 3.61. The molecular formula is C24H32N4O. The topological polar surface area (TPSA) is 48.9 Å². The van der Waals surface area contributed by atoms with Crippen LogP contribution in [0.4, 0.5) is 5.69 Å². The maximum Gasteiger partial charge on any atom is 0.191 e. The van der Waals surface area contributed by atoms with E-state index in [0.29, 0.717) is 5.92 Å². The second kappa shape index (κ2) is 9.21. The molecule has 2 heterocycles. The van der Waals surface area contributed by atoms with Gasteiger partial charge in [-0.2, -0.15) is 0 Å². The summed E-state index contributed by atoms with van der Waals surface area (Å²) in [7, 11) is 1.83. The Morgan fingerprint density at radius 3 is 2.83 bits per heavy atom. The van der Waals surface area contributed by atoms with E-state index in [4.69, 9.17) is 4.74 Å². The molecular weight excluding hydrogens is 360 g/mol. The van der Waals surface area contributed by atoms with Crippen molar-refractivity contribution in [1.29, 1.82) is 0 Å². The van der Waals surface area contributed by atoms with Gasteiger partial charge in [-0.15, -0.1) is 0 Å². The van der Waals surface area contributed by atoms with E-state index in [1.807, 2.05) is 13.1 Å². The molecule has 0 amide bonds. The Hall–Kier alpha value is -2.69. The lowest BCUT2D eigenvalue weighted by molar-refractivity contribution is 0.267. The molecule has 0 bridgehead atoms. The van der Waals surface area contributed by atoms with E-state index in [0.717, 1.165) is 31.3 Å². The molecule has 1 fully saturated rings. The standard InChI is InChI=1S/C24H32N4O/c1-18(19-8-7-9-21(16-19)28-13-5-6-14-28)27-24(25-2)26-17-20-12-15-29-23-11-4-3-10-22(20)23/h3-4,7-11,16,18,20H,5-6,12-15,17H2,1-2H3,(H2,25,26,27). The summed E-state index contributed by atoms with van der Waals surface area (Å²) in [6, 6.07) is 17.4. The number of fused-ring (bicyclic) bond motifs is 1. The SMILES string of the molecule is CN=C(NCC1CCOc2ccccc21)NC(C)c1cccc(N2CCCC2)c1. The lowest BCUT2D eigenvalue weighted by Crippen LogP contribution is -2.41. The fourth-order valence-electron chi connectivity index (χ4n) is 4.30. The van der Waals surface area contributed by atoms with Crippen molar-refractivity contribution in [2.45, 2.75) is 38.1 Å². The largest absolute Gasteiger partial charge is 0.493 e. The van der Waals surface area contributed by atoms with Crippen molar-refractivity contribution in [1.82, 2.24) is 10.6 Å². The fraction of sp³-hybridized carbons (Fsp3) is 0.458. The van der Waals surface area contributed by atoms with Gasteiger partial charge in [-0.05, 0) is 55.5 Å². The van der Waals surface area contributed by atoms with Crippen LogP contribution >= 0.6 is 0 Å². The molecule has 0 saturated carbocycles. The van der Waals surface area contributed by atoms with Crippen molar-refractivity contribution in [3.05, 3.63) is 59.7 Å². The van der Waals surface area contributed by atoms with Crippen molar-refractivity contribution in [3.63, 3.8) is 0 Å². The Morgan fingerprint density at radius 2 is 2.00 bits per heavy atom. The predicted octanol–water partition coefficient (Wildman–Crippen LogP) is 4.08. The summed E-state index contributed by atoms with van der Waals surface area (Å²) in [4.78, 5) is 6.92. The summed E-state index contributed by atoms with van der Waals surface area (Å²) in [5.41, 5.74) is 3.90. The molecule has 5 heteroatoms. The predicted molar refractivity (Wildman–Crippen MR) is 120 cm³/mol. The maximum atomic E-state index is 5.78. The van der Waals surface area contributed by atoms with Gasteiger partial charge < -0.3 is 20.3 Å². The van der Waals surface area contributed by atoms with E-state index in [1.54, 1.807) is 0 Å². The first-order valence-corrected chi connectivity index (χ1v) is 10.8. The molecule has 2 unspecified atom stereocenters. The molecule has 154 valence electrons. The van der Waals surface area contributed by atoms with Crippen LogP contribution in [-0.2, 0) is 0 Å². The maximum absolute atomic E-state index is 5.78. The number of benzene rings is 2. The third-order valence-corrected chi connectivity index (χ3v) is 6.02. The normalized spacial score (nSPS) is 20.0. The molecule has 2 aromatic carbocycles. The van der Waals surface area contributed by atoms with E-state index >= 15 is 0 Å². The Balaban J connectivity index is 1.36. The molecule has 0 aromatic heterocycles. The number of rotatable bonds is 5. The first-order chi connectivity index (χ1) is 14.2. The number of guanidine groups is 1. The number of para-hydroxylation sites is 1. The van der Waals surface area contributed by atoms with Gasteiger partial charge in [-0.3, -0.25) is 4.99 Å². The molecule has 1 saturated heterocycles. The van der Waals surface area contributed by atoms with Crippen molar-refractivity contribution in [2.24, 2.45) is 4.99 Å². The number of nitrogens with one attached hydrogen (secondary N) is 2. The molecule has 2 aromatic rings. The fourth-order valence-corrected chi connectivity index (χ4v) is 4.30. The van der Waals surface area contributed by atoms with Crippen LogP contribution in [0.5, 0.6) is 5.75 Å². The minimum Gasteiger partial charge on any atom is -0.493 e. The van der Waals surface area contributed by atoms with E-state index in [1.165, 1.54) is 42.7 Å². The molecule has 2 aliphatic rings. The quantitative estimate of drug-likeness (QED) is 0.595. The summed E-state index contributed by atoms with van der Waals surface area (Å²) in [5, 5.41) is 7.08. The van der Waals surface area contributed by atoms with Gasteiger partial charge in [0.05, 0.1) is 12.6 Å². The van der Waals surface area contributed by atoms with Gasteiger partial charge in [0, 0.05) is 38.3 Å². The Kier molecular flexibility index (Phi) is 6.23. The number of hydrogen-bond donors (Lipinski definition) is 2. The monoisotopic (exact) mass is 392 g/mol. The molecule has 0 aliphatic carbocycles. The highest BCUT2D eigenvalue weighted by Crippen LogP contribution is 2.32. The average molecular weight is 393 g/mol. The molecule has 5 nitrogen and oxygen atoms in total. The van der Waals surface area contributed by atoms with Crippen molar-refractivity contribution in [3.8, 4) is 5.75 Å². The van der Waals surface area contributed by atoms with E-state index in [2.05, 4.69) is 69.9 Å². The van der Waals surface area contributed by atoms with Gasteiger partial charge in [-0.1, -0.05) is 30.3 Å². The Morgan fingerprint density at radius 1 is 1.17 bits per heavy atom. The lowest BCUT2D eigenvalue weighted by Gasteiger charge is -2.27. The van der Waals surface area contributed by atoms with Crippen LogP contribution in [0, 0.1) is 0 Å². The van der Waals surface area contributed by atoms with Crippen LogP contribution in [0.3, 0.4) is 0 Å². The lowest BCUT2D eigenvalue weighted by atomic mass is 9.93. The Bertz CT molecular complexity index is 844. The smallest absolute Gasteiger partial charge is 0.191 e. The minimum absolute atomic E-state index is 0.186. The third kappa shape index (κ3) is 4.66. The van der Waals surface area contributed by atoms with Gasteiger partial charge in [0.2, 0.25) is 0 Å². The number of aliphatic imine (C=N–C) groups is 1. The molecule has 4 rings (SSSR count). The summed E-state index contributed by atoms with van der Waals surface area (Å²) in [5.74, 6) is 2.29. The van der Waals surface area contributed by atoms with E-state index in [-0.39, 0.29) is 6.04 Å². The van der Waals surface area contributed by atoms with E-state index in [9.17, 15) is 0 Å². The van der Waals surface area contributed by atoms with Crippen LogP contribution in [0.25, 0.3) is 0 Å². The minimum atomic E-state index is 0.186. The van der Waals surface area contributed by atoms with Crippen molar-refractivity contribution >= 4 is 11.6 Å². The zero-order valence-corrected chi connectivity index (χ0v) is 17.5. The zero-order valence-electron chi connectivity index (χ0n) is 17.5. The number of nitrogens with zero attached hydrogens (tertiary/aromatic N) is 2. The first-order valence-electron chi connectivity index (χ1n) is 10.8. The molecule has 0 spiro atoms. The average Bonchev–Trinajstić information content (AvgIpc) is 3.31. The second-order valence-corrected chi connectivity index (χ2v) is 7.98. The zero-order chi connectivity index (χ0) is 20.1. The summed E-state index contributed by atoms with van der Waals surface area (Å²) < 4.78 is 5.78. The van der Waals surface area contributed by atoms with Crippen LogP contribution in [0.15, 0.2) is 53.5 Å². The number of ether oxygens (including phenoxy) is 1. The van der Waals surface area contributed by atoms with Gasteiger partial charge in [0.1, 0.15) is 5.75 Å². The summed E-state index contributed by atoms with van der Waals surface area (Å²) >= 11 is 0. The van der Waals surface area contributed by atoms with Gasteiger partial charge >= 0.3 is 0 Å². The van der Waals surface area contributed by atoms with Crippen LogP contribution in [0.1, 0.15) is 49.3 Å². The highest BCUT2D eigenvalue weighted by molar-refractivity contribution is 5.80. The van der Waals surface area contributed by atoms with Crippen molar-refractivity contribution < 1.29 is 4.74 Å². The molecule has 2 aliphatic heterocycles. The van der Waals surface area contributed by atoms with Crippen LogP contribution < -0.4 is 20.3 Å². The van der Waals surface area contributed by atoms with Gasteiger partial charge in [-0.25, -0.2) is 0 Å². The molecule has 2 atom stereocenters. The molecule has 2 N–H and O–H groups in total. The Labute approximate surface area is 174 Å². The summed E-state index contributed by atoms with van der Waals surface area (Å²) in [6.45, 7) is 6.15. The molecule has 29 heavy (non-hydrogen) atoms. The number of anilines is 1. The van der Waals surface area contributed by atoms with Crippen LogP contribution in [-0.4, -0.2) is 39.2 Å². The van der Waals surface area contributed by atoms with Gasteiger partial charge in [0.25, 0.3) is 0 Å². The highest BCUT2D eigenvalue weighted by Gasteiger charge is 2.21. The molecule has 0 radical (unpaired) electrons. The van der Waals surface area contributed by atoms with Crippen LogP contribution in [0.2, 0.25) is 0 Å².